The van der Waals surface area contributed by atoms with Gasteiger partial charge in [0, 0.05) is 11.6 Å². The van der Waals surface area contributed by atoms with Crippen LogP contribution in [0.15, 0.2) is 54.9 Å². The normalized spacial score (nSPS) is 10.4. The maximum absolute atomic E-state index is 11.4. The zero-order valence-corrected chi connectivity index (χ0v) is 10.4. The Kier molecular flexibility index (Phi) is 3.01. The number of rotatable bonds is 3. The van der Waals surface area contributed by atoms with E-state index in [0.29, 0.717) is 16.7 Å². The van der Waals surface area contributed by atoms with Crippen LogP contribution in [0.3, 0.4) is 0 Å². The van der Waals surface area contributed by atoms with Gasteiger partial charge in [-0.1, -0.05) is 18.2 Å². The molecule has 0 radical (unpaired) electrons. The topological polar surface area (TPSA) is 75.1 Å². The number of nitrogens with one attached hydrogen (secondary N) is 1. The Morgan fingerprint density at radius 2 is 2.00 bits per heavy atom. The summed E-state index contributed by atoms with van der Waals surface area (Å²) in [5.74, 6) is -0.494. The molecule has 0 spiro atoms. The Labute approximate surface area is 114 Å². The highest BCUT2D eigenvalue weighted by atomic mass is 16.4. The molecule has 0 aliphatic carbocycles. The van der Waals surface area contributed by atoms with Gasteiger partial charge in [0.25, 0.3) is 0 Å². The fourth-order valence-electron chi connectivity index (χ4n) is 2.00. The van der Waals surface area contributed by atoms with E-state index in [2.05, 4.69) is 15.3 Å². The first kappa shape index (κ1) is 12.1. The lowest BCUT2D eigenvalue weighted by molar-refractivity contribution is 0.0699. The number of anilines is 2. The first-order chi connectivity index (χ1) is 9.74. The summed E-state index contributed by atoms with van der Waals surface area (Å²) in [5, 5.41) is 13.0. The monoisotopic (exact) mass is 265 g/mol. The summed E-state index contributed by atoms with van der Waals surface area (Å²) in [7, 11) is 0. The molecule has 0 atom stereocenters. The van der Waals surface area contributed by atoms with Crippen LogP contribution in [0.1, 0.15) is 10.4 Å². The van der Waals surface area contributed by atoms with Crippen molar-refractivity contribution in [3.05, 3.63) is 60.4 Å². The third kappa shape index (κ3) is 2.29. The Morgan fingerprint density at radius 3 is 2.75 bits per heavy atom. The molecular weight excluding hydrogens is 254 g/mol. The minimum atomic E-state index is -0.974. The van der Waals surface area contributed by atoms with Crippen molar-refractivity contribution in [3.63, 3.8) is 0 Å². The van der Waals surface area contributed by atoms with Crippen LogP contribution in [0.4, 0.5) is 11.5 Å². The van der Waals surface area contributed by atoms with Crippen molar-refractivity contribution in [1.82, 2.24) is 9.97 Å². The molecule has 0 saturated carbocycles. The van der Waals surface area contributed by atoms with Crippen LogP contribution in [-0.2, 0) is 0 Å². The van der Waals surface area contributed by atoms with Gasteiger partial charge in [0.1, 0.15) is 5.82 Å². The Morgan fingerprint density at radius 1 is 1.15 bits per heavy atom. The number of para-hydroxylation sites is 1. The Bertz CT molecular complexity index is 772. The lowest BCUT2D eigenvalue weighted by Gasteiger charge is -2.08. The highest BCUT2D eigenvalue weighted by Crippen LogP contribution is 2.22. The molecule has 2 N–H and O–H groups in total. The minimum absolute atomic E-state index is 0.224. The number of fused-ring (bicyclic) bond motifs is 1. The molecule has 0 saturated heterocycles. The van der Waals surface area contributed by atoms with Crippen molar-refractivity contribution >= 4 is 28.4 Å². The second kappa shape index (κ2) is 4.97. The van der Waals surface area contributed by atoms with E-state index >= 15 is 0 Å². The van der Waals surface area contributed by atoms with Gasteiger partial charge in [-0.15, -0.1) is 0 Å². The van der Waals surface area contributed by atoms with Gasteiger partial charge in [0.15, 0.2) is 0 Å². The molecule has 0 fully saturated rings. The van der Waals surface area contributed by atoms with Crippen LogP contribution >= 0.6 is 0 Å². The Balaban J connectivity index is 2.10. The summed E-state index contributed by atoms with van der Waals surface area (Å²) in [4.78, 5) is 19.8. The third-order valence-corrected chi connectivity index (χ3v) is 2.88. The maximum atomic E-state index is 11.4. The van der Waals surface area contributed by atoms with Crippen molar-refractivity contribution in [1.29, 1.82) is 0 Å². The quantitative estimate of drug-likeness (QED) is 0.761. The molecule has 5 nitrogen and oxygen atoms in total. The molecule has 0 amide bonds. The predicted octanol–water partition coefficient (Wildman–Crippen LogP) is 3.07. The number of benzene rings is 1. The number of hydrogen-bond donors (Lipinski definition) is 2. The average Bonchev–Trinajstić information content (AvgIpc) is 2.47. The van der Waals surface area contributed by atoms with Gasteiger partial charge < -0.3 is 10.4 Å². The second-order valence-electron chi connectivity index (χ2n) is 4.24. The van der Waals surface area contributed by atoms with Crippen molar-refractivity contribution in [2.24, 2.45) is 0 Å². The summed E-state index contributed by atoms with van der Waals surface area (Å²) < 4.78 is 0. The molecule has 98 valence electrons. The first-order valence-corrected chi connectivity index (χ1v) is 6.04. The third-order valence-electron chi connectivity index (χ3n) is 2.88. The number of aromatic nitrogens is 2. The molecule has 2 heterocycles. The number of nitrogens with zero attached hydrogens (tertiary/aromatic N) is 2. The van der Waals surface area contributed by atoms with Crippen molar-refractivity contribution in [3.8, 4) is 0 Å². The van der Waals surface area contributed by atoms with Gasteiger partial charge in [-0.25, -0.2) is 9.78 Å². The lowest BCUT2D eigenvalue weighted by Crippen LogP contribution is -2.02. The molecular formula is C15H11N3O2. The highest BCUT2D eigenvalue weighted by molar-refractivity contribution is 6.03. The van der Waals surface area contributed by atoms with E-state index in [1.54, 1.807) is 36.7 Å². The van der Waals surface area contributed by atoms with Crippen LogP contribution in [0.25, 0.3) is 10.9 Å². The fraction of sp³-hybridized carbons (Fsp3) is 0. The number of aromatic carboxylic acids is 1. The average molecular weight is 265 g/mol. The first-order valence-electron chi connectivity index (χ1n) is 6.04. The molecule has 3 rings (SSSR count). The molecule has 2 aromatic heterocycles. The van der Waals surface area contributed by atoms with E-state index in [1.165, 1.54) is 6.07 Å². The Hall–Kier alpha value is -2.95. The zero-order chi connectivity index (χ0) is 13.9. The molecule has 20 heavy (non-hydrogen) atoms. The standard InChI is InChI=1S/C15H11N3O2/c19-15(20)12-8-14(17-10-4-3-7-16-9-10)18-13-6-2-1-5-11(12)13/h1-9H,(H,17,18)(H,19,20). The molecule has 0 unspecified atom stereocenters. The smallest absolute Gasteiger partial charge is 0.336 e. The summed E-state index contributed by atoms with van der Waals surface area (Å²) in [6.07, 6.45) is 3.32. The van der Waals surface area contributed by atoms with Gasteiger partial charge in [0.05, 0.1) is 23.0 Å². The zero-order valence-electron chi connectivity index (χ0n) is 10.4. The molecule has 1 aromatic carbocycles. The predicted molar refractivity (Wildman–Crippen MR) is 76.2 cm³/mol. The summed E-state index contributed by atoms with van der Waals surface area (Å²) in [6.45, 7) is 0. The number of hydrogen-bond acceptors (Lipinski definition) is 4. The number of carboxylic acid groups (broad SMARTS) is 1. The molecule has 0 aliphatic heterocycles. The van der Waals surface area contributed by atoms with E-state index in [0.717, 1.165) is 5.69 Å². The van der Waals surface area contributed by atoms with Crippen LogP contribution in [0, 0.1) is 0 Å². The van der Waals surface area contributed by atoms with Crippen molar-refractivity contribution < 1.29 is 9.90 Å². The van der Waals surface area contributed by atoms with Crippen molar-refractivity contribution in [2.45, 2.75) is 0 Å². The fourth-order valence-corrected chi connectivity index (χ4v) is 2.00. The molecule has 0 bridgehead atoms. The number of carboxylic acids is 1. The van der Waals surface area contributed by atoms with Gasteiger partial charge in [-0.2, -0.15) is 0 Å². The van der Waals surface area contributed by atoms with E-state index < -0.39 is 5.97 Å². The summed E-state index contributed by atoms with van der Waals surface area (Å²) in [5.41, 5.74) is 1.62. The summed E-state index contributed by atoms with van der Waals surface area (Å²) in [6, 6.07) is 12.3. The lowest BCUT2D eigenvalue weighted by atomic mass is 10.1. The van der Waals surface area contributed by atoms with Crippen LogP contribution in [-0.4, -0.2) is 21.0 Å². The van der Waals surface area contributed by atoms with Gasteiger partial charge in [-0.3, -0.25) is 4.98 Å². The minimum Gasteiger partial charge on any atom is -0.478 e. The second-order valence-corrected chi connectivity index (χ2v) is 4.24. The van der Waals surface area contributed by atoms with Gasteiger partial charge in [-0.05, 0) is 24.3 Å². The van der Waals surface area contributed by atoms with Crippen LogP contribution < -0.4 is 5.32 Å². The van der Waals surface area contributed by atoms with Gasteiger partial charge >= 0.3 is 5.97 Å². The van der Waals surface area contributed by atoms with E-state index in [9.17, 15) is 9.90 Å². The van der Waals surface area contributed by atoms with Crippen molar-refractivity contribution in [2.75, 3.05) is 5.32 Å². The van der Waals surface area contributed by atoms with Crippen LogP contribution in [0.5, 0.6) is 0 Å². The largest absolute Gasteiger partial charge is 0.478 e. The number of pyridine rings is 2. The molecule has 3 aromatic rings. The van der Waals surface area contributed by atoms with E-state index in [1.807, 2.05) is 12.1 Å². The van der Waals surface area contributed by atoms with Crippen LogP contribution in [0.2, 0.25) is 0 Å². The van der Waals surface area contributed by atoms with E-state index in [4.69, 9.17) is 0 Å². The van der Waals surface area contributed by atoms with E-state index in [-0.39, 0.29) is 5.56 Å². The van der Waals surface area contributed by atoms with Gasteiger partial charge in [0.2, 0.25) is 0 Å². The molecule has 5 heteroatoms. The maximum Gasteiger partial charge on any atom is 0.336 e. The molecule has 0 aliphatic rings. The number of carbonyl (C=O) groups is 1. The SMILES string of the molecule is O=C(O)c1cc(Nc2cccnc2)nc2ccccc12. The summed E-state index contributed by atoms with van der Waals surface area (Å²) >= 11 is 0. The highest BCUT2D eigenvalue weighted by Gasteiger charge is 2.11.